The van der Waals surface area contributed by atoms with Crippen molar-refractivity contribution in [2.75, 3.05) is 11.4 Å². The highest BCUT2D eigenvalue weighted by Gasteiger charge is 2.24. The van der Waals surface area contributed by atoms with E-state index in [1.54, 1.807) is 13.8 Å². The zero-order valence-electron chi connectivity index (χ0n) is 18.9. The number of nitrogens with zero attached hydrogens (tertiary/aromatic N) is 1. The lowest BCUT2D eigenvalue weighted by atomic mass is 9.99. The van der Waals surface area contributed by atoms with Crippen molar-refractivity contribution in [1.82, 2.24) is 4.98 Å². The summed E-state index contributed by atoms with van der Waals surface area (Å²) in [4.78, 5) is 30.5. The molecule has 0 spiro atoms. The third-order valence-corrected chi connectivity index (χ3v) is 6.05. The molecule has 0 fully saturated rings. The van der Waals surface area contributed by atoms with Crippen LogP contribution in [-0.4, -0.2) is 28.1 Å². The number of pyridine rings is 1. The summed E-state index contributed by atoms with van der Waals surface area (Å²) < 4.78 is 6.02. The van der Waals surface area contributed by atoms with Gasteiger partial charge in [0.15, 0.2) is 5.43 Å². The average Bonchev–Trinajstić information content (AvgIpc) is 2.78. The van der Waals surface area contributed by atoms with Crippen molar-refractivity contribution < 1.29 is 14.6 Å². The van der Waals surface area contributed by atoms with E-state index in [1.807, 2.05) is 54.3 Å². The SMILES string of the molecule is Cc1c(COc2ccc3c(c2)CCCN3C(=O)CCC(C)(C)O)[nH]c2ccccc2c1=O. The van der Waals surface area contributed by atoms with Gasteiger partial charge in [0.2, 0.25) is 5.91 Å². The minimum atomic E-state index is -0.853. The molecule has 168 valence electrons. The van der Waals surface area contributed by atoms with Crippen LogP contribution < -0.4 is 15.1 Å². The number of H-pyrrole nitrogens is 1. The fourth-order valence-electron chi connectivity index (χ4n) is 4.16. The normalized spacial score (nSPS) is 13.8. The summed E-state index contributed by atoms with van der Waals surface area (Å²) in [5.41, 5.74) is 3.37. The van der Waals surface area contributed by atoms with Gasteiger partial charge in [0.25, 0.3) is 0 Å². The van der Waals surface area contributed by atoms with Crippen LogP contribution in [-0.2, 0) is 17.8 Å². The summed E-state index contributed by atoms with van der Waals surface area (Å²) in [7, 11) is 0. The van der Waals surface area contributed by atoms with E-state index < -0.39 is 5.60 Å². The van der Waals surface area contributed by atoms with Gasteiger partial charge in [-0.05, 0) is 75.9 Å². The fourth-order valence-corrected chi connectivity index (χ4v) is 4.16. The van der Waals surface area contributed by atoms with Gasteiger partial charge in [-0.1, -0.05) is 12.1 Å². The molecule has 2 aromatic carbocycles. The van der Waals surface area contributed by atoms with E-state index in [0.717, 1.165) is 35.3 Å². The molecule has 3 aromatic rings. The van der Waals surface area contributed by atoms with E-state index in [-0.39, 0.29) is 17.9 Å². The molecule has 2 heterocycles. The molecule has 0 saturated heterocycles. The van der Waals surface area contributed by atoms with Gasteiger partial charge < -0.3 is 19.7 Å². The van der Waals surface area contributed by atoms with Gasteiger partial charge in [0.1, 0.15) is 12.4 Å². The smallest absolute Gasteiger partial charge is 0.227 e. The Bertz CT molecular complexity index is 1210. The van der Waals surface area contributed by atoms with Gasteiger partial charge in [0.05, 0.1) is 11.3 Å². The predicted octanol–water partition coefficient (Wildman–Crippen LogP) is 4.25. The number of aromatic amines is 1. The maximum absolute atomic E-state index is 12.7. The lowest BCUT2D eigenvalue weighted by Crippen LogP contribution is -2.36. The molecule has 0 unspecified atom stereocenters. The maximum Gasteiger partial charge on any atom is 0.227 e. The van der Waals surface area contributed by atoms with Crippen LogP contribution in [0.5, 0.6) is 5.75 Å². The quantitative estimate of drug-likeness (QED) is 0.608. The second kappa shape index (κ2) is 8.79. The van der Waals surface area contributed by atoms with Crippen molar-refractivity contribution in [2.24, 2.45) is 0 Å². The average molecular weight is 435 g/mol. The Morgan fingerprint density at radius 3 is 2.78 bits per heavy atom. The summed E-state index contributed by atoms with van der Waals surface area (Å²) in [5, 5.41) is 10.6. The molecule has 1 aliphatic heterocycles. The Hall–Kier alpha value is -3.12. The first-order valence-electron chi connectivity index (χ1n) is 11.1. The van der Waals surface area contributed by atoms with Gasteiger partial charge in [-0.2, -0.15) is 0 Å². The first kappa shape index (κ1) is 22.1. The van der Waals surface area contributed by atoms with Gasteiger partial charge in [-0.15, -0.1) is 0 Å². The number of hydrogen-bond donors (Lipinski definition) is 2. The largest absolute Gasteiger partial charge is 0.487 e. The van der Waals surface area contributed by atoms with E-state index in [2.05, 4.69) is 4.98 Å². The Morgan fingerprint density at radius 1 is 1.22 bits per heavy atom. The van der Waals surface area contributed by atoms with Crippen LogP contribution in [0.15, 0.2) is 47.3 Å². The van der Waals surface area contributed by atoms with Gasteiger partial charge >= 0.3 is 0 Å². The highest BCUT2D eigenvalue weighted by Crippen LogP contribution is 2.32. The number of rotatable bonds is 6. The number of nitrogens with one attached hydrogen (secondary N) is 1. The number of carbonyl (C=O) groups excluding carboxylic acids is 1. The number of fused-ring (bicyclic) bond motifs is 2. The summed E-state index contributed by atoms with van der Waals surface area (Å²) in [6.45, 7) is 6.21. The van der Waals surface area contributed by atoms with Crippen molar-refractivity contribution in [3.8, 4) is 5.75 Å². The van der Waals surface area contributed by atoms with Crippen LogP contribution >= 0.6 is 0 Å². The summed E-state index contributed by atoms with van der Waals surface area (Å²) >= 11 is 0. The Balaban J connectivity index is 1.50. The first-order valence-corrected chi connectivity index (χ1v) is 11.1. The molecule has 4 rings (SSSR count). The highest BCUT2D eigenvalue weighted by atomic mass is 16.5. The third-order valence-electron chi connectivity index (χ3n) is 6.05. The zero-order valence-corrected chi connectivity index (χ0v) is 18.9. The Kier molecular flexibility index (Phi) is 6.07. The Labute approximate surface area is 187 Å². The number of ether oxygens (including phenoxy) is 1. The molecule has 0 bridgehead atoms. The van der Waals surface area contributed by atoms with Gasteiger partial charge in [-0.25, -0.2) is 0 Å². The molecule has 0 aliphatic carbocycles. The van der Waals surface area contributed by atoms with Crippen molar-refractivity contribution in [3.63, 3.8) is 0 Å². The number of carbonyl (C=O) groups is 1. The molecule has 6 nitrogen and oxygen atoms in total. The second-order valence-corrected chi connectivity index (χ2v) is 9.14. The first-order chi connectivity index (χ1) is 15.2. The lowest BCUT2D eigenvalue weighted by Gasteiger charge is -2.30. The molecular formula is C26H30N2O4. The summed E-state index contributed by atoms with van der Waals surface area (Å²) in [6.07, 6.45) is 2.52. The van der Waals surface area contributed by atoms with E-state index in [4.69, 9.17) is 4.74 Å². The third kappa shape index (κ3) is 4.70. The number of anilines is 1. The zero-order chi connectivity index (χ0) is 22.9. The van der Waals surface area contributed by atoms with Crippen LogP contribution in [0.25, 0.3) is 10.9 Å². The van der Waals surface area contributed by atoms with Crippen LogP contribution in [0, 0.1) is 6.92 Å². The van der Waals surface area contributed by atoms with Crippen LogP contribution in [0.1, 0.15) is 49.9 Å². The number of benzene rings is 2. The minimum absolute atomic E-state index is 0.0172. The van der Waals surface area contributed by atoms with E-state index in [1.165, 1.54) is 0 Å². The highest BCUT2D eigenvalue weighted by molar-refractivity contribution is 5.94. The minimum Gasteiger partial charge on any atom is -0.487 e. The molecule has 1 aliphatic rings. The monoisotopic (exact) mass is 434 g/mol. The molecule has 0 radical (unpaired) electrons. The van der Waals surface area contributed by atoms with Crippen LogP contribution in [0.4, 0.5) is 5.69 Å². The lowest BCUT2D eigenvalue weighted by molar-refractivity contribution is -0.119. The van der Waals surface area contributed by atoms with E-state index in [9.17, 15) is 14.7 Å². The molecule has 0 atom stereocenters. The van der Waals surface area contributed by atoms with Crippen molar-refractivity contribution in [3.05, 3.63) is 69.5 Å². The summed E-state index contributed by atoms with van der Waals surface area (Å²) in [6, 6.07) is 13.3. The maximum atomic E-state index is 12.7. The topological polar surface area (TPSA) is 82.6 Å². The molecule has 6 heteroatoms. The molecule has 2 N–H and O–H groups in total. The number of aromatic nitrogens is 1. The molecule has 1 amide bonds. The molecule has 32 heavy (non-hydrogen) atoms. The Morgan fingerprint density at radius 2 is 2.00 bits per heavy atom. The number of aryl methyl sites for hydroxylation is 1. The van der Waals surface area contributed by atoms with Crippen LogP contribution in [0.2, 0.25) is 0 Å². The van der Waals surface area contributed by atoms with E-state index in [0.29, 0.717) is 36.1 Å². The number of amides is 1. The number of aliphatic hydroxyl groups is 1. The summed E-state index contributed by atoms with van der Waals surface area (Å²) in [5.74, 6) is 0.744. The van der Waals surface area contributed by atoms with E-state index >= 15 is 0 Å². The second-order valence-electron chi connectivity index (χ2n) is 9.14. The van der Waals surface area contributed by atoms with Gasteiger partial charge in [0, 0.05) is 35.1 Å². The molecular weight excluding hydrogens is 404 g/mol. The van der Waals surface area contributed by atoms with Crippen molar-refractivity contribution >= 4 is 22.5 Å². The predicted molar refractivity (Wildman–Crippen MR) is 126 cm³/mol. The van der Waals surface area contributed by atoms with Gasteiger partial charge in [-0.3, -0.25) is 9.59 Å². The van der Waals surface area contributed by atoms with Crippen molar-refractivity contribution in [2.45, 2.75) is 58.7 Å². The van der Waals surface area contributed by atoms with Crippen LogP contribution in [0.3, 0.4) is 0 Å². The fraction of sp³-hybridized carbons (Fsp3) is 0.385. The standard InChI is InChI=1S/C26H30N2O4/c1-17-22(27-21-9-5-4-8-20(21)25(17)30)16-32-19-10-11-23-18(15-19)7-6-14-28(23)24(29)12-13-26(2,3)31/h4-5,8-11,15,31H,6-7,12-14,16H2,1-3H3,(H,27,30). The number of para-hydroxylation sites is 1. The molecule has 0 saturated carbocycles. The van der Waals surface area contributed by atoms with Crippen molar-refractivity contribution in [1.29, 1.82) is 0 Å². The number of hydrogen-bond acceptors (Lipinski definition) is 4. The molecule has 1 aromatic heterocycles.